The Hall–Kier alpha value is -0.890. The molecule has 1 aliphatic rings. The van der Waals surface area contributed by atoms with Crippen molar-refractivity contribution in [3.05, 3.63) is 0 Å². The lowest BCUT2D eigenvalue weighted by Gasteiger charge is -2.30. The fraction of sp³-hybridized carbons (Fsp3) is 0.667. The molecule has 1 heterocycles. The molecule has 58 valence electrons. The van der Waals surface area contributed by atoms with Crippen molar-refractivity contribution in [1.82, 2.24) is 5.32 Å². The fourth-order valence-corrected chi connectivity index (χ4v) is 0.632. The van der Waals surface area contributed by atoms with E-state index in [-0.39, 0.29) is 5.96 Å². The van der Waals surface area contributed by atoms with Gasteiger partial charge in [0, 0.05) is 0 Å². The number of nitrogens with zero attached hydrogens (tertiary/aromatic N) is 1. The Morgan fingerprint density at radius 1 is 1.20 bits per heavy atom. The number of hydrogen-bond donors (Lipinski definition) is 6. The Kier molecular flexibility index (Phi) is 1.14. The van der Waals surface area contributed by atoms with Crippen LogP contribution in [0.4, 0.5) is 0 Å². The van der Waals surface area contributed by atoms with Crippen LogP contribution >= 0.6 is 0 Å². The summed E-state index contributed by atoms with van der Waals surface area (Å²) in [7, 11) is 0. The molecular weight excluding hydrogens is 134 g/mol. The number of hydrogen-bond acceptors (Lipinski definition) is 7. The molecule has 0 amide bonds. The number of rotatable bonds is 0. The van der Waals surface area contributed by atoms with Crippen molar-refractivity contribution in [2.75, 3.05) is 0 Å². The van der Waals surface area contributed by atoms with Gasteiger partial charge >= 0.3 is 0 Å². The van der Waals surface area contributed by atoms with Gasteiger partial charge in [-0.05, 0) is 0 Å². The van der Waals surface area contributed by atoms with Crippen LogP contribution in [0, 0.1) is 0 Å². The van der Waals surface area contributed by atoms with E-state index in [9.17, 15) is 0 Å². The van der Waals surface area contributed by atoms with Crippen molar-refractivity contribution in [2.24, 2.45) is 33.7 Å². The van der Waals surface area contributed by atoms with Gasteiger partial charge in [-0.1, -0.05) is 0 Å². The highest BCUT2D eigenvalue weighted by Gasteiger charge is 2.45. The summed E-state index contributed by atoms with van der Waals surface area (Å²) in [6.45, 7) is 0. The van der Waals surface area contributed by atoms with Crippen LogP contribution in [0.2, 0.25) is 0 Å². The third kappa shape index (κ3) is 0.809. The summed E-state index contributed by atoms with van der Waals surface area (Å²) in [5.74, 6) is -2.94. The van der Waals surface area contributed by atoms with Crippen LogP contribution in [-0.4, -0.2) is 17.5 Å². The van der Waals surface area contributed by atoms with Crippen molar-refractivity contribution in [3.63, 3.8) is 0 Å². The van der Waals surface area contributed by atoms with E-state index in [4.69, 9.17) is 28.7 Å². The molecule has 1 rings (SSSR count). The van der Waals surface area contributed by atoms with Crippen LogP contribution in [0.25, 0.3) is 0 Å². The van der Waals surface area contributed by atoms with Gasteiger partial charge in [0.1, 0.15) is 0 Å². The van der Waals surface area contributed by atoms with Crippen LogP contribution in [0.15, 0.2) is 4.99 Å². The predicted octanol–water partition coefficient (Wildman–Crippen LogP) is -3.95. The molecule has 11 N–H and O–H groups in total. The van der Waals surface area contributed by atoms with Gasteiger partial charge in [-0.2, -0.15) is 0 Å². The molecule has 0 aromatic heterocycles. The molecule has 0 atom stereocenters. The summed E-state index contributed by atoms with van der Waals surface area (Å²) < 4.78 is 0. The molecule has 0 bridgehead atoms. The van der Waals surface area contributed by atoms with Crippen molar-refractivity contribution in [2.45, 2.75) is 11.6 Å². The maximum atomic E-state index is 5.37. The largest absolute Gasteiger partial charge is 0.370 e. The number of nitrogens with two attached hydrogens (primary N) is 5. The van der Waals surface area contributed by atoms with Crippen LogP contribution < -0.4 is 34.0 Å². The lowest BCUT2D eigenvalue weighted by Crippen LogP contribution is -2.78. The number of aliphatic imine (C=N–C) groups is 1. The summed E-state index contributed by atoms with van der Waals surface area (Å²) in [6.07, 6.45) is 0. The first-order valence-corrected chi connectivity index (χ1v) is 2.64. The molecule has 0 aromatic carbocycles. The summed E-state index contributed by atoms with van der Waals surface area (Å²) in [5, 5.41) is 2.42. The molecule has 0 aliphatic carbocycles. The average Bonchev–Trinajstić information content (AvgIpc) is 1.73. The lowest BCUT2D eigenvalue weighted by molar-refractivity contribution is 0.246. The van der Waals surface area contributed by atoms with Gasteiger partial charge < -0.3 is 11.1 Å². The van der Waals surface area contributed by atoms with E-state index in [1.807, 2.05) is 0 Å². The molecular formula is C3H11N7. The van der Waals surface area contributed by atoms with E-state index in [0.29, 0.717) is 0 Å². The van der Waals surface area contributed by atoms with E-state index >= 15 is 0 Å². The molecule has 0 unspecified atom stereocenters. The first-order chi connectivity index (χ1) is 4.35. The van der Waals surface area contributed by atoms with Crippen LogP contribution in [0.3, 0.4) is 0 Å². The fourth-order valence-electron chi connectivity index (χ4n) is 0.632. The second kappa shape index (κ2) is 1.58. The van der Waals surface area contributed by atoms with Gasteiger partial charge in [0.2, 0.25) is 5.79 Å². The Bertz CT molecular complexity index is 179. The average molecular weight is 145 g/mol. The Balaban J connectivity index is 2.92. The maximum absolute atomic E-state index is 5.37. The predicted molar refractivity (Wildman–Crippen MR) is 37.0 cm³/mol. The molecule has 1 aliphatic heterocycles. The van der Waals surface area contributed by atoms with Crippen molar-refractivity contribution in [1.29, 1.82) is 0 Å². The third-order valence-corrected chi connectivity index (χ3v) is 1.30. The SMILES string of the molecule is NC1=NC(N)(N)C(N)(N)N1. The molecule has 7 heteroatoms. The van der Waals surface area contributed by atoms with Gasteiger partial charge in [0.25, 0.3) is 0 Å². The van der Waals surface area contributed by atoms with Crippen LogP contribution in [0.5, 0.6) is 0 Å². The highest BCUT2D eigenvalue weighted by Crippen LogP contribution is 2.08. The van der Waals surface area contributed by atoms with Crippen molar-refractivity contribution < 1.29 is 0 Å². The quantitative estimate of drug-likeness (QED) is 0.191. The molecule has 0 aromatic rings. The maximum Gasteiger partial charge on any atom is 0.214 e. The number of guanidine groups is 1. The van der Waals surface area contributed by atoms with Crippen molar-refractivity contribution >= 4 is 5.96 Å². The van der Waals surface area contributed by atoms with Gasteiger partial charge in [-0.3, -0.25) is 22.9 Å². The van der Waals surface area contributed by atoms with Gasteiger partial charge in [0.15, 0.2) is 11.7 Å². The summed E-state index contributed by atoms with van der Waals surface area (Å²) in [4.78, 5) is 3.56. The molecule has 0 spiro atoms. The Morgan fingerprint density at radius 3 is 1.80 bits per heavy atom. The Labute approximate surface area is 57.6 Å². The zero-order valence-corrected chi connectivity index (χ0v) is 5.33. The first-order valence-electron chi connectivity index (χ1n) is 2.64. The van der Waals surface area contributed by atoms with Gasteiger partial charge in [-0.25, -0.2) is 4.99 Å². The van der Waals surface area contributed by atoms with E-state index in [0.717, 1.165) is 0 Å². The van der Waals surface area contributed by atoms with E-state index in [2.05, 4.69) is 10.3 Å². The summed E-state index contributed by atoms with van der Waals surface area (Å²) >= 11 is 0. The highest BCUT2D eigenvalue weighted by atomic mass is 15.5. The third-order valence-electron chi connectivity index (χ3n) is 1.30. The van der Waals surface area contributed by atoms with Gasteiger partial charge in [-0.15, -0.1) is 0 Å². The zero-order valence-electron chi connectivity index (χ0n) is 5.33. The molecule has 0 saturated heterocycles. The first kappa shape index (κ1) is 7.22. The van der Waals surface area contributed by atoms with E-state index in [1.165, 1.54) is 0 Å². The van der Waals surface area contributed by atoms with Crippen LogP contribution in [0.1, 0.15) is 0 Å². The Morgan fingerprint density at radius 2 is 1.70 bits per heavy atom. The highest BCUT2D eigenvalue weighted by molar-refractivity contribution is 5.81. The minimum absolute atomic E-state index is 0.0509. The minimum Gasteiger partial charge on any atom is -0.370 e. The van der Waals surface area contributed by atoms with E-state index < -0.39 is 11.6 Å². The normalized spacial score (nSPS) is 27.4. The summed E-state index contributed by atoms with van der Waals surface area (Å²) in [6, 6.07) is 0. The second-order valence-corrected chi connectivity index (χ2v) is 2.32. The second-order valence-electron chi connectivity index (χ2n) is 2.32. The zero-order chi connectivity index (χ0) is 7.99. The lowest BCUT2D eigenvalue weighted by atomic mass is 10.2. The molecule has 10 heavy (non-hydrogen) atoms. The summed E-state index contributed by atoms with van der Waals surface area (Å²) in [5.41, 5.74) is 26.6. The van der Waals surface area contributed by atoms with Gasteiger partial charge in [0.05, 0.1) is 0 Å². The van der Waals surface area contributed by atoms with E-state index in [1.54, 1.807) is 0 Å². The minimum atomic E-state index is -1.53. The molecule has 7 nitrogen and oxygen atoms in total. The topological polar surface area (TPSA) is 154 Å². The number of nitrogens with one attached hydrogen (secondary N) is 1. The monoisotopic (exact) mass is 145 g/mol. The van der Waals surface area contributed by atoms with Crippen LogP contribution in [-0.2, 0) is 0 Å². The smallest absolute Gasteiger partial charge is 0.214 e. The molecule has 0 radical (unpaired) electrons. The standard InChI is InChI=1S/C3H11N7/c4-1-9-2(5,6)3(7,8)10-1/h5-8H2,(H3,4,9,10). The molecule has 0 fully saturated rings. The molecule has 0 saturated carbocycles. The van der Waals surface area contributed by atoms with Crippen molar-refractivity contribution in [3.8, 4) is 0 Å².